The zero-order valence-electron chi connectivity index (χ0n) is 51.6. The maximum Gasteiger partial charge on any atom is 0.418 e. The average Bonchev–Trinajstić information content (AvgIpc) is 0.792. The zero-order chi connectivity index (χ0) is 63.4. The van der Waals surface area contributed by atoms with Crippen LogP contribution in [-0.2, 0) is 31.9 Å². The van der Waals surface area contributed by atoms with Gasteiger partial charge in [-0.15, -0.1) is 0 Å². The lowest BCUT2D eigenvalue weighted by Gasteiger charge is -2.50. The van der Waals surface area contributed by atoms with Gasteiger partial charge < -0.3 is 59.0 Å². The Morgan fingerprint density at radius 2 is 0.611 bits per heavy atom. The van der Waals surface area contributed by atoms with E-state index in [9.17, 15) is 38.0 Å². The van der Waals surface area contributed by atoms with Crippen molar-refractivity contribution in [2.75, 3.05) is 85.2 Å². The molecule has 18 heteroatoms. The number of esters is 2. The Labute approximate surface area is 525 Å². The van der Waals surface area contributed by atoms with Gasteiger partial charge in [-0.1, -0.05) is 38.1 Å². The van der Waals surface area contributed by atoms with Gasteiger partial charge in [0.2, 0.25) is 0 Å². The molecule has 0 radical (unpaired) electrons. The summed E-state index contributed by atoms with van der Waals surface area (Å²) in [6, 6.07) is 39.5. The predicted octanol–water partition coefficient (Wildman–Crippen LogP) is 11.3. The summed E-state index contributed by atoms with van der Waals surface area (Å²) < 4.78 is 82.5. The molecule has 4 unspecified atom stereocenters. The number of piperidine rings is 4. The molecule has 0 saturated carbocycles. The quantitative estimate of drug-likeness (QED) is 0.0257. The average molecular weight is 1240 g/mol. The summed E-state index contributed by atoms with van der Waals surface area (Å²) in [6.45, 7) is 7.04. The van der Waals surface area contributed by atoms with Crippen molar-refractivity contribution < 1.29 is 66.5 Å². The molecule has 0 aromatic heterocycles. The number of aliphatic hydroxyl groups excluding tert-OH is 4. The number of aryl methyl sites for hydroxylation is 2. The number of rotatable bonds is 24. The molecule has 4 N–H and O–H groups in total. The maximum atomic E-state index is 15.5. The van der Waals surface area contributed by atoms with Crippen LogP contribution in [0.2, 0.25) is 0 Å². The number of aliphatic hydroxyl groups is 4. The highest BCUT2D eigenvalue weighted by Gasteiger charge is 2.58. The first-order valence-electron chi connectivity index (χ1n) is 32.2. The van der Waals surface area contributed by atoms with Crippen molar-refractivity contribution >= 4 is 34.7 Å². The molecular weight excluding hydrogens is 1160 g/mol. The van der Waals surface area contributed by atoms with Crippen molar-refractivity contribution in [2.24, 2.45) is 23.7 Å². The highest BCUT2D eigenvalue weighted by atomic mass is 19.1. The smallest absolute Gasteiger partial charge is 0.418 e. The topological polar surface area (TPSA) is 165 Å². The van der Waals surface area contributed by atoms with E-state index in [0.717, 1.165) is 46.7 Å². The highest BCUT2D eigenvalue weighted by Crippen LogP contribution is 2.44. The second kappa shape index (κ2) is 30.2. The summed E-state index contributed by atoms with van der Waals surface area (Å²) in [7, 11) is 0. The van der Waals surface area contributed by atoms with E-state index in [-0.39, 0.29) is 49.3 Å². The molecule has 10 rings (SSSR count). The molecule has 0 amide bonds. The summed E-state index contributed by atoms with van der Waals surface area (Å²) in [5.74, 6) is -6.14. The normalized spacial score (nSPS) is 19.3. The van der Waals surface area contributed by atoms with Crippen LogP contribution in [0.3, 0.4) is 0 Å². The number of hydrogen-bond donors (Lipinski definition) is 4. The van der Waals surface area contributed by atoms with Gasteiger partial charge in [0.25, 0.3) is 0 Å². The molecule has 6 aromatic carbocycles. The summed E-state index contributed by atoms with van der Waals surface area (Å²) >= 11 is 0. The van der Waals surface area contributed by atoms with Crippen molar-refractivity contribution in [3.63, 3.8) is 0 Å². The second-order valence-electron chi connectivity index (χ2n) is 24.9. The number of hydrogen-bond acceptors (Lipinski definition) is 14. The number of carbonyl (C=O) groups is 2. The van der Waals surface area contributed by atoms with Gasteiger partial charge in [-0.2, -0.15) is 0 Å². The van der Waals surface area contributed by atoms with Crippen LogP contribution in [0, 0.1) is 46.9 Å². The third-order valence-corrected chi connectivity index (χ3v) is 19.6. The van der Waals surface area contributed by atoms with E-state index in [1.807, 2.05) is 62.4 Å². The third-order valence-electron chi connectivity index (χ3n) is 19.6. The Morgan fingerprint density at radius 3 is 0.822 bits per heavy atom. The summed E-state index contributed by atoms with van der Waals surface area (Å²) in [5, 5.41) is 53.1. The highest BCUT2D eigenvalue weighted by molar-refractivity contribution is 6.30. The Morgan fingerprint density at radius 1 is 0.389 bits per heavy atom. The van der Waals surface area contributed by atoms with Gasteiger partial charge in [-0.05, 0) is 220 Å². The largest absolute Gasteiger partial charge is 0.493 e. The van der Waals surface area contributed by atoms with Gasteiger partial charge in [0.05, 0.1) is 37.6 Å². The van der Waals surface area contributed by atoms with Crippen molar-refractivity contribution in [2.45, 2.75) is 127 Å². The van der Waals surface area contributed by atoms with E-state index in [4.69, 9.17) is 18.9 Å². The van der Waals surface area contributed by atoms with Gasteiger partial charge in [0, 0.05) is 87.9 Å². The lowest BCUT2D eigenvalue weighted by molar-refractivity contribution is -0.237. The molecule has 4 aliphatic heterocycles. The van der Waals surface area contributed by atoms with Crippen LogP contribution in [0.15, 0.2) is 146 Å². The van der Waals surface area contributed by atoms with Gasteiger partial charge in [0.1, 0.15) is 34.8 Å². The number of halogens is 4. The van der Waals surface area contributed by atoms with Crippen LogP contribution in [0.1, 0.15) is 89.2 Å². The molecule has 4 saturated heterocycles. The van der Waals surface area contributed by atoms with Crippen LogP contribution in [0.5, 0.6) is 11.5 Å². The molecule has 4 fully saturated rings. The fourth-order valence-corrected chi connectivity index (χ4v) is 14.1. The summed E-state index contributed by atoms with van der Waals surface area (Å²) in [5.41, 5.74) is 0.799. The predicted molar refractivity (Wildman–Crippen MR) is 339 cm³/mol. The first-order valence-corrected chi connectivity index (χ1v) is 32.2. The molecule has 0 spiro atoms. The molecule has 4 heterocycles. The third kappa shape index (κ3) is 15.7. The first kappa shape index (κ1) is 65.6. The fourth-order valence-electron chi connectivity index (χ4n) is 14.1. The van der Waals surface area contributed by atoms with Gasteiger partial charge in [-0.3, -0.25) is 0 Å². The van der Waals surface area contributed by atoms with Crippen LogP contribution in [0.4, 0.5) is 40.3 Å². The monoisotopic (exact) mass is 1240 g/mol. The van der Waals surface area contributed by atoms with E-state index in [2.05, 4.69) is 19.6 Å². The first-order chi connectivity index (χ1) is 43.5. The summed E-state index contributed by atoms with van der Waals surface area (Å²) in [6.07, 6.45) is -2.65. The van der Waals surface area contributed by atoms with Crippen LogP contribution in [0.25, 0.3) is 0 Å². The lowest BCUT2D eigenvalue weighted by atomic mass is 9.71. The molecule has 0 bridgehead atoms. The van der Waals surface area contributed by atoms with Gasteiger partial charge in [-0.25, -0.2) is 27.2 Å². The standard InChI is InChI=1S/C72H86F4N4O10/c1-3-49-5-25-63(26-6-49)87-47-37-71(65(81)51-29-39-77(40-30-51)59-17-9-55(73)10-18-59,66(82)52-31-41-78(42-32-52)60-19-11-56(74)12-20-60)89-69(85)70(86)90-72(38-48-88-64-27-7-50(4-2)8-28-64,67(83)53-33-43-79(44-34-53)61-21-13-57(75)14-22-61)68(84)54-35-45-80(46-36-54)62-23-15-58(76)16-24-62/h5-28,51-54,65-68,81-84H,3-4,29-48H2,1-2H3. The van der Waals surface area contributed by atoms with Gasteiger partial charge >= 0.3 is 11.9 Å². The van der Waals surface area contributed by atoms with Crippen molar-refractivity contribution in [1.29, 1.82) is 0 Å². The summed E-state index contributed by atoms with van der Waals surface area (Å²) in [4.78, 5) is 39.4. The molecule has 482 valence electrons. The van der Waals surface area contributed by atoms with Crippen LogP contribution < -0.4 is 29.1 Å². The molecule has 4 aliphatic rings. The van der Waals surface area contributed by atoms with E-state index in [1.54, 1.807) is 48.5 Å². The fraction of sp³-hybridized carbons (Fsp3) is 0.472. The Hall–Kier alpha value is -7.38. The second-order valence-corrected chi connectivity index (χ2v) is 24.9. The van der Waals surface area contributed by atoms with Crippen molar-refractivity contribution in [3.05, 3.63) is 180 Å². The van der Waals surface area contributed by atoms with E-state index < -0.39 is 71.2 Å². The molecule has 6 aromatic rings. The number of ether oxygens (including phenoxy) is 4. The van der Waals surface area contributed by atoms with Crippen LogP contribution in [-0.4, -0.2) is 134 Å². The molecule has 4 atom stereocenters. The zero-order valence-corrected chi connectivity index (χ0v) is 51.6. The molecular formula is C72H86F4N4O10. The number of nitrogens with zero attached hydrogens (tertiary/aromatic N) is 4. The Bertz CT molecular complexity index is 2850. The minimum atomic E-state index is -2.24. The lowest BCUT2D eigenvalue weighted by Crippen LogP contribution is -2.64. The Kier molecular flexibility index (Phi) is 22.0. The SMILES string of the molecule is CCc1ccc(OCCC(OC(=O)C(=O)OC(CCOc2ccc(CC)cc2)(C(O)C2CCN(c3ccc(F)cc3)CC2)C(O)C2CCN(c3ccc(F)cc3)CC2)(C(O)C2CCN(c3ccc(F)cc3)CC2)C(O)C2CCN(c3ccc(F)cc3)CC2)cc1. The van der Waals surface area contributed by atoms with Gasteiger partial charge in [0.15, 0.2) is 11.2 Å². The number of anilines is 4. The van der Waals surface area contributed by atoms with E-state index in [1.165, 1.54) is 48.5 Å². The van der Waals surface area contributed by atoms with Crippen molar-refractivity contribution in [1.82, 2.24) is 0 Å². The Balaban J connectivity index is 1.00. The maximum absolute atomic E-state index is 15.5. The van der Waals surface area contributed by atoms with E-state index >= 15 is 9.59 Å². The van der Waals surface area contributed by atoms with E-state index in [0.29, 0.717) is 115 Å². The van der Waals surface area contributed by atoms with Crippen molar-refractivity contribution in [3.8, 4) is 11.5 Å². The molecule has 0 aliphatic carbocycles. The molecule has 14 nitrogen and oxygen atoms in total. The van der Waals surface area contributed by atoms with Crippen LogP contribution >= 0.6 is 0 Å². The minimum Gasteiger partial charge on any atom is -0.493 e. The molecule has 90 heavy (non-hydrogen) atoms. The number of benzene rings is 6. The number of carbonyl (C=O) groups excluding carboxylic acids is 2. The minimum absolute atomic E-state index is 0.185.